The van der Waals surface area contributed by atoms with Gasteiger partial charge in [0.1, 0.15) is 6.04 Å². The SMILES string of the molecule is NCC(=O)NCC(=O)NCC(=O)NCC(=O)NCC(=O)N[C@@H](CCC(N)=O)C(=O)O. The normalized spacial score (nSPS) is 10.8. The van der Waals surface area contributed by atoms with Gasteiger partial charge in [0, 0.05) is 6.42 Å². The van der Waals surface area contributed by atoms with Crippen LogP contribution in [0.3, 0.4) is 0 Å². The molecule has 0 aliphatic heterocycles. The summed E-state index contributed by atoms with van der Waals surface area (Å²) < 4.78 is 0. The van der Waals surface area contributed by atoms with E-state index in [0.29, 0.717) is 0 Å². The molecule has 0 saturated carbocycles. The highest BCUT2D eigenvalue weighted by atomic mass is 16.4. The zero-order valence-corrected chi connectivity index (χ0v) is 16.0. The molecule has 0 saturated heterocycles. The highest BCUT2D eigenvalue weighted by Gasteiger charge is 2.20. The van der Waals surface area contributed by atoms with Gasteiger partial charge in [-0.15, -0.1) is 0 Å². The third-order valence-corrected chi connectivity index (χ3v) is 3.28. The highest BCUT2D eigenvalue weighted by Crippen LogP contribution is 1.97. The van der Waals surface area contributed by atoms with Gasteiger partial charge in [-0.3, -0.25) is 28.8 Å². The van der Waals surface area contributed by atoms with Gasteiger partial charge in [0.2, 0.25) is 35.4 Å². The van der Waals surface area contributed by atoms with Crippen molar-refractivity contribution in [2.24, 2.45) is 11.5 Å². The molecule has 15 nitrogen and oxygen atoms in total. The van der Waals surface area contributed by atoms with Crippen molar-refractivity contribution < 1.29 is 38.7 Å². The molecule has 1 atom stereocenters. The molecule has 30 heavy (non-hydrogen) atoms. The molecule has 0 unspecified atom stereocenters. The summed E-state index contributed by atoms with van der Waals surface area (Å²) in [5, 5.41) is 19.8. The highest BCUT2D eigenvalue weighted by molar-refractivity contribution is 5.91. The molecule has 0 aliphatic rings. The number of primary amides is 1. The van der Waals surface area contributed by atoms with Crippen LogP contribution in [0, 0.1) is 0 Å². The maximum Gasteiger partial charge on any atom is 0.326 e. The molecule has 0 aliphatic carbocycles. The summed E-state index contributed by atoms with van der Waals surface area (Å²) in [4.78, 5) is 78.8. The van der Waals surface area contributed by atoms with Crippen molar-refractivity contribution in [1.29, 1.82) is 0 Å². The number of carbonyl (C=O) groups is 7. The van der Waals surface area contributed by atoms with Gasteiger partial charge in [0.05, 0.1) is 32.7 Å². The number of hydrogen-bond donors (Lipinski definition) is 8. The van der Waals surface area contributed by atoms with Gasteiger partial charge in [0.25, 0.3) is 0 Å². The molecule has 0 heterocycles. The molecule has 6 amide bonds. The third kappa shape index (κ3) is 13.4. The van der Waals surface area contributed by atoms with Gasteiger partial charge in [0.15, 0.2) is 0 Å². The molecule has 0 aromatic carbocycles. The van der Waals surface area contributed by atoms with Gasteiger partial charge in [-0.05, 0) is 6.42 Å². The standard InChI is InChI=1S/C15H25N7O8/c16-3-10(24)18-4-11(25)19-5-12(26)20-6-13(27)21-7-14(28)22-8(15(29)30)1-2-9(17)23/h8H,1-7,16H2,(H2,17,23)(H,18,24)(H,19,25)(H,20,26)(H,21,27)(H,22,28)(H,29,30)/t8-/m0/s1. The van der Waals surface area contributed by atoms with Crippen LogP contribution in [-0.2, 0) is 33.6 Å². The van der Waals surface area contributed by atoms with Crippen molar-refractivity contribution in [3.8, 4) is 0 Å². The van der Waals surface area contributed by atoms with Crippen molar-refractivity contribution in [2.45, 2.75) is 18.9 Å². The van der Waals surface area contributed by atoms with Crippen molar-refractivity contribution in [2.75, 3.05) is 32.7 Å². The van der Waals surface area contributed by atoms with Gasteiger partial charge in [-0.1, -0.05) is 0 Å². The number of rotatable bonds is 14. The number of amides is 6. The third-order valence-electron chi connectivity index (χ3n) is 3.28. The molecular formula is C15H25N7O8. The second-order valence-corrected chi connectivity index (χ2v) is 5.77. The summed E-state index contributed by atoms with van der Waals surface area (Å²) in [5.41, 5.74) is 9.96. The molecular weight excluding hydrogens is 406 g/mol. The summed E-state index contributed by atoms with van der Waals surface area (Å²) in [7, 11) is 0. The summed E-state index contributed by atoms with van der Waals surface area (Å²) in [6.07, 6.45) is -0.451. The minimum Gasteiger partial charge on any atom is -0.480 e. The monoisotopic (exact) mass is 431 g/mol. The number of carboxylic acid groups (broad SMARTS) is 1. The fourth-order valence-electron chi connectivity index (χ4n) is 1.76. The average Bonchev–Trinajstić information content (AvgIpc) is 2.69. The fourth-order valence-corrected chi connectivity index (χ4v) is 1.76. The molecule has 0 spiro atoms. The van der Waals surface area contributed by atoms with Gasteiger partial charge in [-0.2, -0.15) is 0 Å². The first-order chi connectivity index (χ1) is 14.0. The number of nitrogens with two attached hydrogens (primary N) is 2. The number of nitrogens with one attached hydrogen (secondary N) is 5. The molecule has 0 radical (unpaired) electrons. The Bertz CT molecular complexity index is 682. The van der Waals surface area contributed by atoms with E-state index < -0.39 is 67.1 Å². The Labute approximate surface area is 170 Å². The van der Waals surface area contributed by atoms with Crippen LogP contribution in [0.1, 0.15) is 12.8 Å². The topological polar surface area (TPSA) is 252 Å². The lowest BCUT2D eigenvalue weighted by Gasteiger charge is -2.14. The Kier molecular flexibility index (Phi) is 12.5. The van der Waals surface area contributed by atoms with Crippen LogP contribution in [0.2, 0.25) is 0 Å². The van der Waals surface area contributed by atoms with Crippen molar-refractivity contribution in [3.63, 3.8) is 0 Å². The Hall–Kier alpha value is -3.75. The zero-order valence-electron chi connectivity index (χ0n) is 16.0. The Morgan fingerprint density at radius 3 is 1.47 bits per heavy atom. The molecule has 0 aromatic heterocycles. The molecule has 168 valence electrons. The van der Waals surface area contributed by atoms with E-state index in [2.05, 4.69) is 26.6 Å². The maximum atomic E-state index is 11.7. The first-order valence-corrected chi connectivity index (χ1v) is 8.62. The second kappa shape index (κ2) is 14.3. The molecule has 15 heteroatoms. The van der Waals surface area contributed by atoms with Crippen LogP contribution < -0.4 is 38.1 Å². The van der Waals surface area contributed by atoms with E-state index in [1.807, 2.05) is 0 Å². The van der Waals surface area contributed by atoms with Crippen LogP contribution in [-0.4, -0.2) is 85.3 Å². The summed E-state index contributed by atoms with van der Waals surface area (Å²) in [5.74, 6) is -5.55. The second-order valence-electron chi connectivity index (χ2n) is 5.77. The van der Waals surface area contributed by atoms with E-state index in [9.17, 15) is 33.6 Å². The predicted molar refractivity (Wildman–Crippen MR) is 99.1 cm³/mol. The minimum absolute atomic E-state index is 0.206. The van der Waals surface area contributed by atoms with Crippen LogP contribution in [0.25, 0.3) is 0 Å². The average molecular weight is 431 g/mol. The van der Waals surface area contributed by atoms with E-state index in [1.54, 1.807) is 0 Å². The lowest BCUT2D eigenvalue weighted by molar-refractivity contribution is -0.142. The molecule has 0 bridgehead atoms. The molecule has 10 N–H and O–H groups in total. The molecule has 0 fully saturated rings. The fraction of sp³-hybridized carbons (Fsp3) is 0.533. The summed E-state index contributed by atoms with van der Waals surface area (Å²) >= 11 is 0. The van der Waals surface area contributed by atoms with Crippen LogP contribution in [0.5, 0.6) is 0 Å². The Morgan fingerprint density at radius 1 is 0.700 bits per heavy atom. The summed E-state index contributed by atoms with van der Waals surface area (Å²) in [6, 6.07) is -1.35. The van der Waals surface area contributed by atoms with Gasteiger partial charge in [-0.25, -0.2) is 4.79 Å². The number of carboxylic acids is 1. The van der Waals surface area contributed by atoms with E-state index in [4.69, 9.17) is 16.6 Å². The van der Waals surface area contributed by atoms with Crippen molar-refractivity contribution in [1.82, 2.24) is 26.6 Å². The predicted octanol–water partition coefficient (Wildman–Crippen LogP) is -5.76. The zero-order chi connectivity index (χ0) is 23.1. The molecule has 0 rings (SSSR count). The van der Waals surface area contributed by atoms with Crippen LogP contribution in [0.4, 0.5) is 0 Å². The Morgan fingerprint density at radius 2 is 1.10 bits per heavy atom. The molecule has 0 aromatic rings. The van der Waals surface area contributed by atoms with Crippen LogP contribution >= 0.6 is 0 Å². The van der Waals surface area contributed by atoms with Gasteiger partial charge < -0.3 is 43.2 Å². The largest absolute Gasteiger partial charge is 0.480 e. The lowest BCUT2D eigenvalue weighted by atomic mass is 10.1. The van der Waals surface area contributed by atoms with E-state index in [-0.39, 0.29) is 25.9 Å². The minimum atomic E-state index is -1.37. The number of aliphatic carboxylic acids is 1. The summed E-state index contributed by atoms with van der Waals surface area (Å²) in [6.45, 7) is -2.17. The van der Waals surface area contributed by atoms with Crippen LogP contribution in [0.15, 0.2) is 0 Å². The number of hydrogen-bond acceptors (Lipinski definition) is 8. The van der Waals surface area contributed by atoms with E-state index in [1.165, 1.54) is 0 Å². The van der Waals surface area contributed by atoms with E-state index in [0.717, 1.165) is 0 Å². The number of carbonyl (C=O) groups excluding carboxylic acids is 6. The Balaban J connectivity index is 4.09. The van der Waals surface area contributed by atoms with E-state index >= 15 is 0 Å². The van der Waals surface area contributed by atoms with Gasteiger partial charge >= 0.3 is 5.97 Å². The quantitative estimate of drug-likeness (QED) is 0.130. The maximum absolute atomic E-state index is 11.7. The lowest BCUT2D eigenvalue weighted by Crippen LogP contribution is -2.48. The smallest absolute Gasteiger partial charge is 0.326 e. The first-order valence-electron chi connectivity index (χ1n) is 8.62. The first kappa shape index (κ1) is 26.2. The van der Waals surface area contributed by atoms with Crippen molar-refractivity contribution in [3.05, 3.63) is 0 Å². The van der Waals surface area contributed by atoms with Crippen molar-refractivity contribution >= 4 is 41.4 Å².